The van der Waals surface area contributed by atoms with E-state index in [1.54, 1.807) is 0 Å². The molecular formula is C43H96N6O8. The molecule has 0 bridgehead atoms. The van der Waals surface area contributed by atoms with Crippen molar-refractivity contribution in [1.29, 1.82) is 0 Å². The van der Waals surface area contributed by atoms with E-state index >= 15 is 0 Å². The van der Waals surface area contributed by atoms with Gasteiger partial charge in [0.15, 0.2) is 0 Å². The Labute approximate surface area is 351 Å². The van der Waals surface area contributed by atoms with Crippen LogP contribution in [-0.2, 0) is 18.9 Å². The van der Waals surface area contributed by atoms with Crippen LogP contribution >= 0.6 is 0 Å². The van der Waals surface area contributed by atoms with Gasteiger partial charge in [-0.15, -0.1) is 0 Å². The zero-order valence-corrected chi connectivity index (χ0v) is 39.2. The smallest absolute Gasteiger partial charge is 0.101 e. The Kier molecular flexibility index (Phi) is 40.6. The van der Waals surface area contributed by atoms with Gasteiger partial charge in [-0.25, -0.2) is 0 Å². The molecule has 0 spiro atoms. The lowest BCUT2D eigenvalue weighted by Gasteiger charge is -2.28. The first-order valence-corrected chi connectivity index (χ1v) is 22.1. The van der Waals surface area contributed by atoms with Crippen molar-refractivity contribution in [2.45, 2.75) is 109 Å². The Hall–Kier alpha value is -0.560. The summed E-state index contributed by atoms with van der Waals surface area (Å²) in [7, 11) is 0. The number of aliphatic hydroxyl groups excluding tert-OH is 4. The summed E-state index contributed by atoms with van der Waals surface area (Å²) in [6.07, 6.45) is 4.76. The zero-order valence-electron chi connectivity index (χ0n) is 39.2. The van der Waals surface area contributed by atoms with Crippen molar-refractivity contribution in [3.8, 4) is 0 Å². The van der Waals surface area contributed by atoms with Crippen molar-refractivity contribution >= 4 is 0 Å². The van der Waals surface area contributed by atoms with Gasteiger partial charge in [-0.2, -0.15) is 0 Å². The van der Waals surface area contributed by atoms with Crippen molar-refractivity contribution in [3.63, 3.8) is 0 Å². The second-order valence-electron chi connectivity index (χ2n) is 18.2. The van der Waals surface area contributed by atoms with Crippen LogP contribution in [0.25, 0.3) is 0 Å². The van der Waals surface area contributed by atoms with E-state index in [-0.39, 0.29) is 26.9 Å². The molecule has 0 radical (unpaired) electrons. The normalized spacial score (nSPS) is 14.2. The van der Waals surface area contributed by atoms with Gasteiger partial charge < -0.3 is 39.4 Å². The molecule has 0 aromatic heterocycles. The summed E-state index contributed by atoms with van der Waals surface area (Å²) in [5, 5.41) is 35.8. The highest BCUT2D eigenvalue weighted by Crippen LogP contribution is 2.08. The summed E-state index contributed by atoms with van der Waals surface area (Å²) < 4.78 is 23.2. The van der Waals surface area contributed by atoms with Gasteiger partial charge in [-0.3, -0.25) is 29.4 Å². The monoisotopic (exact) mass is 825 g/mol. The fourth-order valence-electron chi connectivity index (χ4n) is 5.46. The van der Waals surface area contributed by atoms with Crippen LogP contribution in [0.5, 0.6) is 0 Å². The van der Waals surface area contributed by atoms with Crippen LogP contribution in [0.1, 0.15) is 109 Å². The number of aliphatic hydroxyl groups is 4. The Balaban J connectivity index is 0. The Morgan fingerprint density at radius 3 is 1.05 bits per heavy atom. The SMILES string of the molecule is CC(C)CCCN(CCN(COCC(C)C)COCC(C)C)COCC(C)C.CC(C)CCCN(CO)CCN(CO)COCC(C)C.OCN1CCN(CO)C1. The van der Waals surface area contributed by atoms with Gasteiger partial charge in [0, 0.05) is 52.4 Å². The Bertz CT molecular complexity index is 739. The first-order valence-electron chi connectivity index (χ1n) is 22.1. The van der Waals surface area contributed by atoms with E-state index in [0.717, 1.165) is 78.0 Å². The van der Waals surface area contributed by atoms with Crippen LogP contribution in [0.4, 0.5) is 0 Å². The molecule has 0 atom stereocenters. The molecule has 0 amide bonds. The molecule has 1 rings (SSSR count). The molecule has 14 nitrogen and oxygen atoms in total. The molecule has 346 valence electrons. The van der Waals surface area contributed by atoms with Crippen LogP contribution in [-0.4, -0.2) is 189 Å². The standard InChI is InChI=1S/C23H50N2O3.C15H34N2O3.C5H12N2O2/c1-20(2)10-9-11-24(17-26-14-21(3)4)12-13-25(18-27-15-22(5)6)19-28-16-23(7)8;1-14(2)6-5-7-16(11-18)8-9-17(12-19)13-20-10-15(3)4;8-4-6-1-2-7(3-6)5-9/h20-23H,9-19H2,1-8H3;14-15,18-19H,5-13H2,1-4H3;8-9H,1-5H2. The minimum atomic E-state index is -0.0106. The molecule has 4 N–H and O–H groups in total. The lowest BCUT2D eigenvalue weighted by atomic mass is 10.1. The third-order valence-corrected chi connectivity index (χ3v) is 8.81. The first-order chi connectivity index (χ1) is 27.1. The third kappa shape index (κ3) is 40.6. The van der Waals surface area contributed by atoms with Gasteiger partial charge in [-0.1, -0.05) is 83.1 Å². The van der Waals surface area contributed by atoms with Crippen molar-refractivity contribution in [3.05, 3.63) is 0 Å². The summed E-state index contributed by atoms with van der Waals surface area (Å²) in [5.74, 6) is 3.63. The number of hydrogen-bond donors (Lipinski definition) is 4. The minimum absolute atomic E-state index is 0.0106. The molecule has 1 fully saturated rings. The van der Waals surface area contributed by atoms with Crippen LogP contribution in [0, 0.1) is 35.5 Å². The Morgan fingerprint density at radius 2 is 0.719 bits per heavy atom. The lowest BCUT2D eigenvalue weighted by Crippen LogP contribution is -2.39. The minimum Gasteiger partial charge on any atom is -0.381 e. The predicted octanol–water partition coefficient (Wildman–Crippen LogP) is 4.93. The van der Waals surface area contributed by atoms with Crippen LogP contribution < -0.4 is 0 Å². The number of nitrogens with zero attached hydrogens (tertiary/aromatic N) is 6. The van der Waals surface area contributed by atoms with Crippen LogP contribution in [0.3, 0.4) is 0 Å². The van der Waals surface area contributed by atoms with Crippen molar-refractivity contribution in [1.82, 2.24) is 29.4 Å². The van der Waals surface area contributed by atoms with Crippen LogP contribution in [0.15, 0.2) is 0 Å². The van der Waals surface area contributed by atoms with E-state index in [9.17, 15) is 10.2 Å². The molecule has 0 aliphatic carbocycles. The molecule has 0 saturated carbocycles. The molecule has 1 heterocycles. The summed E-state index contributed by atoms with van der Waals surface area (Å²) in [6.45, 7) is 39.9. The average Bonchev–Trinajstić information content (AvgIpc) is 3.62. The first kappa shape index (κ1) is 58.5. The highest BCUT2D eigenvalue weighted by molar-refractivity contribution is 4.65. The number of hydrogen-bond acceptors (Lipinski definition) is 14. The predicted molar refractivity (Wildman–Crippen MR) is 234 cm³/mol. The van der Waals surface area contributed by atoms with E-state index in [1.165, 1.54) is 19.3 Å². The summed E-state index contributed by atoms with van der Waals surface area (Å²) in [4.78, 5) is 12.3. The molecule has 1 aliphatic heterocycles. The Morgan fingerprint density at radius 1 is 0.404 bits per heavy atom. The largest absolute Gasteiger partial charge is 0.381 e. The van der Waals surface area contributed by atoms with Gasteiger partial charge in [0.25, 0.3) is 0 Å². The second kappa shape index (κ2) is 39.6. The van der Waals surface area contributed by atoms with Gasteiger partial charge in [0.1, 0.15) is 20.2 Å². The molecule has 1 aliphatic rings. The molecule has 0 unspecified atom stereocenters. The maximum atomic E-state index is 9.34. The highest BCUT2D eigenvalue weighted by Gasteiger charge is 2.17. The zero-order chi connectivity index (χ0) is 43.4. The quantitative estimate of drug-likeness (QED) is 0.0653. The van der Waals surface area contributed by atoms with Crippen molar-refractivity contribution < 1.29 is 39.4 Å². The number of rotatable bonds is 34. The van der Waals surface area contributed by atoms with E-state index < -0.39 is 0 Å². The van der Waals surface area contributed by atoms with E-state index in [0.29, 0.717) is 76.3 Å². The molecule has 57 heavy (non-hydrogen) atoms. The summed E-state index contributed by atoms with van der Waals surface area (Å²) in [6, 6.07) is 0. The summed E-state index contributed by atoms with van der Waals surface area (Å²) in [5.41, 5.74) is 0. The molecule has 1 saturated heterocycles. The van der Waals surface area contributed by atoms with Gasteiger partial charge >= 0.3 is 0 Å². The second-order valence-corrected chi connectivity index (χ2v) is 18.2. The number of ether oxygens (including phenoxy) is 4. The van der Waals surface area contributed by atoms with E-state index in [2.05, 4.69) is 92.9 Å². The molecule has 0 aromatic rings. The van der Waals surface area contributed by atoms with E-state index in [4.69, 9.17) is 29.2 Å². The van der Waals surface area contributed by atoms with Crippen LogP contribution in [0.2, 0.25) is 0 Å². The maximum absolute atomic E-state index is 9.34. The highest BCUT2D eigenvalue weighted by atomic mass is 16.5. The van der Waals surface area contributed by atoms with Crippen molar-refractivity contribution in [2.24, 2.45) is 35.5 Å². The molecular weight excluding hydrogens is 729 g/mol. The topological polar surface area (TPSA) is 137 Å². The fourth-order valence-corrected chi connectivity index (χ4v) is 5.46. The van der Waals surface area contributed by atoms with Gasteiger partial charge in [0.05, 0.1) is 66.8 Å². The van der Waals surface area contributed by atoms with E-state index in [1.807, 2.05) is 19.6 Å². The maximum Gasteiger partial charge on any atom is 0.101 e. The third-order valence-electron chi connectivity index (χ3n) is 8.81. The average molecular weight is 825 g/mol. The molecule has 0 aromatic carbocycles. The van der Waals surface area contributed by atoms with Gasteiger partial charge in [-0.05, 0) is 61.2 Å². The lowest BCUT2D eigenvalue weighted by molar-refractivity contribution is -0.0630. The van der Waals surface area contributed by atoms with Crippen molar-refractivity contribution in [2.75, 3.05) is 139 Å². The fraction of sp³-hybridized carbons (Fsp3) is 1.00. The summed E-state index contributed by atoms with van der Waals surface area (Å²) >= 11 is 0. The van der Waals surface area contributed by atoms with Gasteiger partial charge in [0.2, 0.25) is 0 Å². The molecule has 14 heteroatoms.